The van der Waals surface area contributed by atoms with Gasteiger partial charge in [-0.15, -0.1) is 0 Å². The van der Waals surface area contributed by atoms with E-state index in [-0.39, 0.29) is 11.9 Å². The molecule has 0 amide bonds. The maximum absolute atomic E-state index is 13.0. The molecule has 1 N–H and O–H groups in total. The van der Waals surface area contributed by atoms with E-state index >= 15 is 0 Å². The molecule has 1 unspecified atom stereocenters. The topological polar surface area (TPSA) is 25.2 Å². The first-order valence-electron chi connectivity index (χ1n) is 6.69. The van der Waals surface area contributed by atoms with Crippen LogP contribution in [0.5, 0.6) is 0 Å². The van der Waals surface area contributed by atoms with E-state index < -0.39 is 0 Å². The minimum absolute atomic E-state index is 0.201. The molecular formula is C16H20FNO. The van der Waals surface area contributed by atoms with Crippen molar-refractivity contribution in [2.45, 2.75) is 39.3 Å². The molecule has 0 aliphatic rings. The van der Waals surface area contributed by atoms with Gasteiger partial charge in [-0.05, 0) is 48.2 Å². The number of aliphatic hydroxyl groups excluding tert-OH is 1. The summed E-state index contributed by atoms with van der Waals surface area (Å²) in [5.74, 6) is -0.201. The van der Waals surface area contributed by atoms with Crippen molar-refractivity contribution in [2.75, 3.05) is 0 Å². The summed E-state index contributed by atoms with van der Waals surface area (Å²) in [6, 6.07) is 6.79. The summed E-state index contributed by atoms with van der Waals surface area (Å²) in [6.45, 7) is 4.67. The Balaban J connectivity index is 2.11. The molecule has 2 rings (SSSR count). The van der Waals surface area contributed by atoms with E-state index in [1.54, 1.807) is 6.07 Å². The quantitative estimate of drug-likeness (QED) is 0.869. The lowest BCUT2D eigenvalue weighted by atomic mass is 10.1. The van der Waals surface area contributed by atoms with Gasteiger partial charge in [-0.2, -0.15) is 0 Å². The van der Waals surface area contributed by atoms with Crippen molar-refractivity contribution in [3.8, 4) is 0 Å². The molecule has 0 bridgehead atoms. The molecule has 2 aromatic rings. The van der Waals surface area contributed by atoms with E-state index in [0.717, 1.165) is 29.5 Å². The number of nitrogens with zero attached hydrogens (tertiary/aromatic N) is 1. The molecule has 0 aliphatic heterocycles. The fourth-order valence-corrected chi connectivity index (χ4v) is 2.23. The first-order valence-corrected chi connectivity index (χ1v) is 6.69. The SMILES string of the molecule is CCCC(O)c1ccn(Cc2ccc(F)cc2C)c1. The van der Waals surface area contributed by atoms with Crippen molar-refractivity contribution in [3.63, 3.8) is 0 Å². The average molecular weight is 261 g/mol. The summed E-state index contributed by atoms with van der Waals surface area (Å²) < 4.78 is 15.1. The third-order valence-electron chi connectivity index (χ3n) is 3.38. The summed E-state index contributed by atoms with van der Waals surface area (Å²) in [5, 5.41) is 9.93. The van der Waals surface area contributed by atoms with Gasteiger partial charge in [-0.1, -0.05) is 19.4 Å². The number of aromatic nitrogens is 1. The molecule has 0 fully saturated rings. The van der Waals surface area contributed by atoms with Gasteiger partial charge in [0.25, 0.3) is 0 Å². The third-order valence-corrected chi connectivity index (χ3v) is 3.38. The molecule has 2 nitrogen and oxygen atoms in total. The minimum Gasteiger partial charge on any atom is -0.388 e. The molecule has 19 heavy (non-hydrogen) atoms. The molecular weight excluding hydrogens is 241 g/mol. The van der Waals surface area contributed by atoms with Crippen molar-refractivity contribution in [3.05, 3.63) is 59.2 Å². The Bertz CT molecular complexity index is 547. The molecule has 0 spiro atoms. The summed E-state index contributed by atoms with van der Waals surface area (Å²) in [5.41, 5.74) is 2.99. The second-order valence-electron chi connectivity index (χ2n) is 4.99. The summed E-state index contributed by atoms with van der Waals surface area (Å²) in [4.78, 5) is 0. The highest BCUT2D eigenvalue weighted by Gasteiger charge is 2.08. The highest BCUT2D eigenvalue weighted by Crippen LogP contribution is 2.19. The Morgan fingerprint density at radius 2 is 2.11 bits per heavy atom. The van der Waals surface area contributed by atoms with Gasteiger partial charge in [0.1, 0.15) is 5.82 Å². The molecule has 1 heterocycles. The van der Waals surface area contributed by atoms with E-state index in [1.165, 1.54) is 6.07 Å². The van der Waals surface area contributed by atoms with E-state index in [1.807, 2.05) is 36.0 Å². The van der Waals surface area contributed by atoms with E-state index in [2.05, 4.69) is 6.92 Å². The van der Waals surface area contributed by atoms with Gasteiger partial charge < -0.3 is 9.67 Å². The van der Waals surface area contributed by atoms with Gasteiger partial charge in [0, 0.05) is 18.9 Å². The summed E-state index contributed by atoms with van der Waals surface area (Å²) >= 11 is 0. The van der Waals surface area contributed by atoms with Crippen molar-refractivity contribution < 1.29 is 9.50 Å². The Hall–Kier alpha value is -1.61. The average Bonchev–Trinajstić information content (AvgIpc) is 2.82. The van der Waals surface area contributed by atoms with Crippen LogP contribution in [-0.2, 0) is 6.54 Å². The first kappa shape index (κ1) is 13.8. The van der Waals surface area contributed by atoms with Crippen LogP contribution in [-0.4, -0.2) is 9.67 Å². The van der Waals surface area contributed by atoms with E-state index in [0.29, 0.717) is 6.54 Å². The molecule has 0 radical (unpaired) electrons. The van der Waals surface area contributed by atoms with Gasteiger partial charge in [0.2, 0.25) is 0 Å². The minimum atomic E-state index is -0.388. The Morgan fingerprint density at radius 3 is 2.79 bits per heavy atom. The normalized spacial score (nSPS) is 12.6. The predicted octanol–water partition coefficient (Wildman–Crippen LogP) is 3.82. The third kappa shape index (κ3) is 3.44. The zero-order chi connectivity index (χ0) is 13.8. The highest BCUT2D eigenvalue weighted by molar-refractivity contribution is 5.27. The van der Waals surface area contributed by atoms with Crippen LogP contribution < -0.4 is 0 Å². The van der Waals surface area contributed by atoms with Gasteiger partial charge in [0.15, 0.2) is 0 Å². The second-order valence-corrected chi connectivity index (χ2v) is 4.99. The number of hydrogen-bond donors (Lipinski definition) is 1. The molecule has 0 aliphatic carbocycles. The van der Waals surface area contributed by atoms with Crippen LogP contribution in [0.25, 0.3) is 0 Å². The number of halogens is 1. The number of rotatable bonds is 5. The molecule has 102 valence electrons. The van der Waals surface area contributed by atoms with E-state index in [9.17, 15) is 9.50 Å². The fraction of sp³-hybridized carbons (Fsp3) is 0.375. The number of hydrogen-bond acceptors (Lipinski definition) is 1. The molecule has 3 heteroatoms. The van der Waals surface area contributed by atoms with Gasteiger partial charge in [0.05, 0.1) is 6.10 Å². The monoisotopic (exact) mass is 261 g/mol. The summed E-state index contributed by atoms with van der Waals surface area (Å²) in [7, 11) is 0. The highest BCUT2D eigenvalue weighted by atomic mass is 19.1. The molecule has 1 aromatic heterocycles. The standard InChI is InChI=1S/C16H20FNO/c1-3-4-16(19)14-7-8-18(11-14)10-13-5-6-15(17)9-12(13)2/h5-9,11,16,19H,3-4,10H2,1-2H3. The van der Waals surface area contributed by atoms with Crippen LogP contribution >= 0.6 is 0 Å². The molecule has 0 saturated heterocycles. The first-order chi connectivity index (χ1) is 9.10. The molecule has 0 saturated carbocycles. The van der Waals surface area contributed by atoms with Crippen LogP contribution in [0.2, 0.25) is 0 Å². The van der Waals surface area contributed by atoms with Crippen molar-refractivity contribution >= 4 is 0 Å². The predicted molar refractivity (Wildman–Crippen MR) is 74.5 cm³/mol. The number of aryl methyl sites for hydroxylation is 1. The van der Waals surface area contributed by atoms with Crippen molar-refractivity contribution in [1.82, 2.24) is 4.57 Å². The largest absolute Gasteiger partial charge is 0.388 e. The van der Waals surface area contributed by atoms with Crippen molar-refractivity contribution in [2.24, 2.45) is 0 Å². The van der Waals surface area contributed by atoms with Crippen LogP contribution in [0, 0.1) is 12.7 Å². The van der Waals surface area contributed by atoms with Crippen LogP contribution in [0.4, 0.5) is 4.39 Å². The lowest BCUT2D eigenvalue weighted by molar-refractivity contribution is 0.166. The van der Waals surface area contributed by atoms with Gasteiger partial charge in [-0.3, -0.25) is 0 Å². The van der Waals surface area contributed by atoms with Crippen LogP contribution in [0.1, 0.15) is 42.6 Å². The van der Waals surface area contributed by atoms with Crippen LogP contribution in [0.15, 0.2) is 36.7 Å². The van der Waals surface area contributed by atoms with Crippen LogP contribution in [0.3, 0.4) is 0 Å². The maximum atomic E-state index is 13.0. The summed E-state index contributed by atoms with van der Waals surface area (Å²) in [6.07, 6.45) is 5.27. The van der Waals surface area contributed by atoms with Crippen molar-refractivity contribution in [1.29, 1.82) is 0 Å². The lowest BCUT2D eigenvalue weighted by Crippen LogP contribution is -2.00. The number of benzene rings is 1. The Morgan fingerprint density at radius 1 is 1.32 bits per heavy atom. The molecule has 1 aromatic carbocycles. The van der Waals surface area contributed by atoms with E-state index in [4.69, 9.17) is 0 Å². The maximum Gasteiger partial charge on any atom is 0.123 e. The zero-order valence-corrected chi connectivity index (χ0v) is 11.4. The number of aliphatic hydroxyl groups is 1. The fourth-order valence-electron chi connectivity index (χ4n) is 2.23. The van der Waals surface area contributed by atoms with Gasteiger partial charge >= 0.3 is 0 Å². The Labute approximate surface area is 113 Å². The smallest absolute Gasteiger partial charge is 0.123 e. The second kappa shape index (κ2) is 6.02. The lowest BCUT2D eigenvalue weighted by Gasteiger charge is -2.08. The molecule has 1 atom stereocenters. The zero-order valence-electron chi connectivity index (χ0n) is 11.4. The Kier molecular flexibility index (Phi) is 4.38. The van der Waals surface area contributed by atoms with Gasteiger partial charge in [-0.25, -0.2) is 4.39 Å².